The molecular formula is C11H13ClN4O. The van der Waals surface area contributed by atoms with Gasteiger partial charge in [0.15, 0.2) is 5.82 Å². The van der Waals surface area contributed by atoms with Crippen LogP contribution in [-0.4, -0.2) is 15.1 Å². The minimum Gasteiger partial charge on any atom is -0.359 e. The lowest BCUT2D eigenvalue weighted by atomic mass is 9.93. The molecule has 1 N–H and O–H groups in total. The van der Waals surface area contributed by atoms with E-state index in [1.165, 1.54) is 0 Å². The molecule has 0 unspecified atom stereocenters. The first-order valence-electron chi connectivity index (χ1n) is 5.18. The summed E-state index contributed by atoms with van der Waals surface area (Å²) in [5, 5.41) is 7.10. The van der Waals surface area contributed by atoms with Gasteiger partial charge in [0.05, 0.1) is 0 Å². The van der Waals surface area contributed by atoms with E-state index in [0.29, 0.717) is 11.6 Å². The minimum absolute atomic E-state index is 0.0732. The van der Waals surface area contributed by atoms with E-state index in [1.807, 2.05) is 6.07 Å². The van der Waals surface area contributed by atoms with Crippen LogP contribution < -0.4 is 5.32 Å². The lowest BCUT2D eigenvalue weighted by molar-refractivity contribution is 0.331. The third-order valence-electron chi connectivity index (χ3n) is 2.13. The third-order valence-corrected chi connectivity index (χ3v) is 2.31. The van der Waals surface area contributed by atoms with E-state index >= 15 is 0 Å². The molecule has 0 aliphatic rings. The van der Waals surface area contributed by atoms with E-state index in [-0.39, 0.29) is 10.7 Å². The van der Waals surface area contributed by atoms with Gasteiger partial charge < -0.3 is 9.84 Å². The van der Waals surface area contributed by atoms with Crippen LogP contribution in [0.15, 0.2) is 22.9 Å². The van der Waals surface area contributed by atoms with E-state index in [1.54, 1.807) is 12.3 Å². The Morgan fingerprint density at radius 1 is 1.29 bits per heavy atom. The van der Waals surface area contributed by atoms with Crippen molar-refractivity contribution < 1.29 is 4.52 Å². The monoisotopic (exact) mass is 252 g/mol. The second-order valence-electron chi connectivity index (χ2n) is 4.66. The summed E-state index contributed by atoms with van der Waals surface area (Å²) in [7, 11) is 0. The number of nitrogens with one attached hydrogen (secondary N) is 1. The molecule has 0 saturated heterocycles. The second kappa shape index (κ2) is 4.33. The van der Waals surface area contributed by atoms with Gasteiger partial charge in [0.25, 0.3) is 0 Å². The van der Waals surface area contributed by atoms with Gasteiger partial charge in [-0.2, -0.15) is 0 Å². The van der Waals surface area contributed by atoms with Crippen molar-refractivity contribution in [2.45, 2.75) is 26.2 Å². The number of hydrogen-bond acceptors (Lipinski definition) is 5. The summed E-state index contributed by atoms with van der Waals surface area (Å²) in [5.74, 6) is 1.99. The molecule has 90 valence electrons. The molecule has 2 heterocycles. The lowest BCUT2D eigenvalue weighted by Crippen LogP contribution is -2.09. The molecule has 0 aliphatic carbocycles. The molecule has 0 bridgehead atoms. The predicted molar refractivity (Wildman–Crippen MR) is 65.5 cm³/mol. The van der Waals surface area contributed by atoms with Gasteiger partial charge in [-0.05, 0) is 17.7 Å². The predicted octanol–water partition coefficient (Wildman–Crippen LogP) is 3.16. The van der Waals surface area contributed by atoms with Gasteiger partial charge in [-0.3, -0.25) is 0 Å². The number of halogens is 1. The summed E-state index contributed by atoms with van der Waals surface area (Å²) in [6, 6.07) is 3.55. The number of aromatic nitrogens is 3. The smallest absolute Gasteiger partial charge is 0.224 e. The maximum absolute atomic E-state index is 5.68. The number of anilines is 2. The zero-order valence-electron chi connectivity index (χ0n) is 9.86. The molecule has 0 amide bonds. The molecule has 2 rings (SSSR count). The van der Waals surface area contributed by atoms with Gasteiger partial charge in [0, 0.05) is 17.7 Å². The minimum atomic E-state index is -0.0732. The standard InChI is InChI=1S/C11H13ClN4O/c1-11(2,3)7-6-9(16-17-7)14-8-4-5-13-10(12)15-8/h4-6H,1-3H3,(H,13,14,15,16). The number of rotatable bonds is 2. The highest BCUT2D eigenvalue weighted by Crippen LogP contribution is 2.25. The first-order chi connectivity index (χ1) is 7.95. The van der Waals surface area contributed by atoms with Crippen LogP contribution in [0.1, 0.15) is 26.5 Å². The molecule has 2 aromatic heterocycles. The van der Waals surface area contributed by atoms with Crippen LogP contribution in [0.25, 0.3) is 0 Å². The van der Waals surface area contributed by atoms with Crippen LogP contribution in [0, 0.1) is 0 Å². The topological polar surface area (TPSA) is 63.8 Å². The summed E-state index contributed by atoms with van der Waals surface area (Å²) in [4.78, 5) is 7.80. The molecular weight excluding hydrogens is 240 g/mol. The Morgan fingerprint density at radius 2 is 2.06 bits per heavy atom. The van der Waals surface area contributed by atoms with Gasteiger partial charge in [-0.15, -0.1) is 0 Å². The van der Waals surface area contributed by atoms with Crippen LogP contribution in [0.2, 0.25) is 5.28 Å². The quantitative estimate of drug-likeness (QED) is 0.832. The average molecular weight is 253 g/mol. The zero-order chi connectivity index (χ0) is 12.5. The fraction of sp³-hybridized carbons (Fsp3) is 0.364. The molecule has 0 spiro atoms. The van der Waals surface area contributed by atoms with Crippen molar-refractivity contribution in [1.29, 1.82) is 0 Å². The zero-order valence-corrected chi connectivity index (χ0v) is 10.6. The van der Waals surface area contributed by atoms with Crippen molar-refractivity contribution in [2.24, 2.45) is 0 Å². The Balaban J connectivity index is 2.17. The first kappa shape index (κ1) is 11.9. The molecule has 6 heteroatoms. The van der Waals surface area contributed by atoms with Crippen molar-refractivity contribution in [3.8, 4) is 0 Å². The Bertz CT molecular complexity index is 518. The Hall–Kier alpha value is -1.62. The van der Waals surface area contributed by atoms with Gasteiger partial charge in [-0.1, -0.05) is 25.9 Å². The molecule has 2 aromatic rings. The van der Waals surface area contributed by atoms with Crippen molar-refractivity contribution >= 4 is 23.2 Å². The fourth-order valence-corrected chi connectivity index (χ4v) is 1.37. The SMILES string of the molecule is CC(C)(C)c1cc(Nc2ccnc(Cl)n2)no1. The van der Waals surface area contributed by atoms with Crippen molar-refractivity contribution in [3.05, 3.63) is 29.4 Å². The maximum Gasteiger partial charge on any atom is 0.224 e. The third kappa shape index (κ3) is 2.94. The highest BCUT2D eigenvalue weighted by Gasteiger charge is 2.19. The molecule has 0 aromatic carbocycles. The Labute approximate surface area is 104 Å². The van der Waals surface area contributed by atoms with Crippen LogP contribution in [-0.2, 0) is 5.41 Å². The van der Waals surface area contributed by atoms with Crippen LogP contribution in [0.3, 0.4) is 0 Å². The van der Waals surface area contributed by atoms with Crippen LogP contribution >= 0.6 is 11.6 Å². The Kier molecular flexibility index (Phi) is 3.02. The number of hydrogen-bond donors (Lipinski definition) is 1. The molecule has 5 nitrogen and oxygen atoms in total. The van der Waals surface area contributed by atoms with E-state index in [0.717, 1.165) is 5.76 Å². The largest absolute Gasteiger partial charge is 0.359 e. The van der Waals surface area contributed by atoms with Gasteiger partial charge in [0.2, 0.25) is 5.28 Å². The van der Waals surface area contributed by atoms with E-state index in [4.69, 9.17) is 16.1 Å². The van der Waals surface area contributed by atoms with Crippen LogP contribution in [0.5, 0.6) is 0 Å². The molecule has 0 fully saturated rings. The molecule has 17 heavy (non-hydrogen) atoms. The number of nitrogens with zero attached hydrogens (tertiary/aromatic N) is 3. The van der Waals surface area contributed by atoms with Crippen molar-refractivity contribution in [2.75, 3.05) is 5.32 Å². The molecule has 0 aliphatic heterocycles. The summed E-state index contributed by atoms with van der Waals surface area (Å²) in [5.41, 5.74) is -0.0732. The summed E-state index contributed by atoms with van der Waals surface area (Å²) in [6.45, 7) is 6.16. The molecule has 0 atom stereocenters. The molecule has 0 radical (unpaired) electrons. The van der Waals surface area contributed by atoms with Crippen molar-refractivity contribution in [1.82, 2.24) is 15.1 Å². The summed E-state index contributed by atoms with van der Waals surface area (Å²) < 4.78 is 5.24. The first-order valence-corrected chi connectivity index (χ1v) is 5.56. The van der Waals surface area contributed by atoms with Gasteiger partial charge >= 0.3 is 0 Å². The van der Waals surface area contributed by atoms with Crippen molar-refractivity contribution in [3.63, 3.8) is 0 Å². The van der Waals surface area contributed by atoms with Gasteiger partial charge in [0.1, 0.15) is 11.6 Å². The normalized spacial score (nSPS) is 11.5. The Morgan fingerprint density at radius 3 is 2.65 bits per heavy atom. The maximum atomic E-state index is 5.68. The van der Waals surface area contributed by atoms with Gasteiger partial charge in [-0.25, -0.2) is 9.97 Å². The fourth-order valence-electron chi connectivity index (χ4n) is 1.22. The van der Waals surface area contributed by atoms with Crippen LogP contribution in [0.4, 0.5) is 11.6 Å². The second-order valence-corrected chi connectivity index (χ2v) is 5.00. The summed E-state index contributed by atoms with van der Waals surface area (Å²) >= 11 is 5.68. The van der Waals surface area contributed by atoms with E-state index in [9.17, 15) is 0 Å². The average Bonchev–Trinajstić information content (AvgIpc) is 2.65. The highest BCUT2D eigenvalue weighted by molar-refractivity contribution is 6.28. The highest BCUT2D eigenvalue weighted by atomic mass is 35.5. The lowest BCUT2D eigenvalue weighted by Gasteiger charge is -2.12. The van der Waals surface area contributed by atoms with E-state index in [2.05, 4.69) is 41.2 Å². The molecule has 0 saturated carbocycles. The van der Waals surface area contributed by atoms with E-state index < -0.39 is 0 Å². The summed E-state index contributed by atoms with van der Waals surface area (Å²) in [6.07, 6.45) is 1.57.